The van der Waals surface area contributed by atoms with Gasteiger partial charge in [-0.2, -0.15) is 0 Å². The van der Waals surface area contributed by atoms with Gasteiger partial charge in [-0.05, 0) is 18.1 Å². The highest BCUT2D eigenvalue weighted by atomic mass is 16.5. The molecular formula is C11H20N2O2. The van der Waals surface area contributed by atoms with E-state index >= 15 is 0 Å². The van der Waals surface area contributed by atoms with Crippen molar-refractivity contribution < 1.29 is 9.47 Å². The Labute approximate surface area is 91.0 Å². The van der Waals surface area contributed by atoms with Crippen molar-refractivity contribution in [2.75, 3.05) is 26.9 Å². The van der Waals surface area contributed by atoms with Crippen LogP contribution < -0.4 is 5.73 Å². The molecule has 86 valence electrons. The molecule has 0 unspecified atom stereocenters. The van der Waals surface area contributed by atoms with Crippen LogP contribution in [0.3, 0.4) is 0 Å². The normalized spacial score (nSPS) is 10.8. The third kappa shape index (κ3) is 4.97. The van der Waals surface area contributed by atoms with Crippen LogP contribution in [0, 0.1) is 0 Å². The molecule has 1 rings (SSSR count). The quantitative estimate of drug-likeness (QED) is 0.654. The predicted octanol–water partition coefficient (Wildman–Crippen LogP) is 1.000. The van der Waals surface area contributed by atoms with Gasteiger partial charge in [0.1, 0.15) is 0 Å². The summed E-state index contributed by atoms with van der Waals surface area (Å²) in [5.41, 5.74) is 6.68. The molecule has 4 nitrogen and oxygen atoms in total. The summed E-state index contributed by atoms with van der Waals surface area (Å²) < 4.78 is 12.5. The highest BCUT2D eigenvalue weighted by Gasteiger charge is 1.94. The average molecular weight is 212 g/mol. The van der Waals surface area contributed by atoms with E-state index in [1.54, 1.807) is 7.11 Å². The van der Waals surface area contributed by atoms with Gasteiger partial charge in [0.25, 0.3) is 0 Å². The minimum Gasteiger partial charge on any atom is -0.385 e. The van der Waals surface area contributed by atoms with Crippen molar-refractivity contribution in [3.8, 4) is 0 Å². The molecule has 1 aromatic heterocycles. The summed E-state index contributed by atoms with van der Waals surface area (Å²) in [4.78, 5) is 0. The van der Waals surface area contributed by atoms with Gasteiger partial charge in [-0.1, -0.05) is 0 Å². The molecule has 2 N–H and O–H groups in total. The number of rotatable bonds is 8. The van der Waals surface area contributed by atoms with Crippen molar-refractivity contribution in [1.29, 1.82) is 0 Å². The van der Waals surface area contributed by atoms with Gasteiger partial charge < -0.3 is 19.8 Å². The Bertz CT molecular complexity index is 261. The SMILES string of the molecule is COCCCOCCn1ccc(CN)c1. The molecule has 0 aliphatic carbocycles. The van der Waals surface area contributed by atoms with E-state index in [0.717, 1.165) is 38.3 Å². The van der Waals surface area contributed by atoms with Crippen LogP contribution in [0.25, 0.3) is 0 Å². The van der Waals surface area contributed by atoms with E-state index < -0.39 is 0 Å². The molecule has 4 heteroatoms. The molecule has 0 bridgehead atoms. The van der Waals surface area contributed by atoms with Crippen LogP contribution in [-0.4, -0.2) is 31.5 Å². The monoisotopic (exact) mass is 212 g/mol. The smallest absolute Gasteiger partial charge is 0.0645 e. The second-order valence-electron chi connectivity index (χ2n) is 3.42. The number of methoxy groups -OCH3 is 1. The van der Waals surface area contributed by atoms with Crippen molar-refractivity contribution >= 4 is 0 Å². The molecule has 0 aliphatic rings. The van der Waals surface area contributed by atoms with E-state index in [4.69, 9.17) is 15.2 Å². The number of ether oxygens (including phenoxy) is 2. The molecule has 0 amide bonds. The molecule has 1 heterocycles. The number of hydrogen-bond donors (Lipinski definition) is 1. The third-order valence-corrected chi connectivity index (χ3v) is 2.18. The summed E-state index contributed by atoms with van der Waals surface area (Å²) in [7, 11) is 1.70. The van der Waals surface area contributed by atoms with Crippen LogP contribution >= 0.6 is 0 Å². The standard InChI is InChI=1S/C11H20N2O2/c1-14-6-2-7-15-8-5-13-4-3-11(9-12)10-13/h3-4,10H,2,5-9,12H2,1H3. The largest absolute Gasteiger partial charge is 0.385 e. The van der Waals surface area contributed by atoms with Crippen LogP contribution in [0.5, 0.6) is 0 Å². The van der Waals surface area contributed by atoms with Crippen molar-refractivity contribution in [3.05, 3.63) is 24.0 Å². The highest BCUT2D eigenvalue weighted by molar-refractivity contribution is 5.09. The zero-order valence-electron chi connectivity index (χ0n) is 9.32. The van der Waals surface area contributed by atoms with Gasteiger partial charge in [0.15, 0.2) is 0 Å². The lowest BCUT2D eigenvalue weighted by molar-refractivity contribution is 0.0977. The first-order valence-electron chi connectivity index (χ1n) is 5.28. The molecule has 1 aromatic rings. The second-order valence-corrected chi connectivity index (χ2v) is 3.42. The van der Waals surface area contributed by atoms with Crippen LogP contribution in [0.1, 0.15) is 12.0 Å². The summed E-state index contributed by atoms with van der Waals surface area (Å²) in [6.07, 6.45) is 5.04. The van der Waals surface area contributed by atoms with E-state index in [2.05, 4.69) is 10.8 Å². The lowest BCUT2D eigenvalue weighted by Gasteiger charge is -2.04. The Balaban J connectivity index is 2.04. The van der Waals surface area contributed by atoms with E-state index in [1.165, 1.54) is 0 Å². The zero-order valence-corrected chi connectivity index (χ0v) is 9.32. The van der Waals surface area contributed by atoms with Gasteiger partial charge in [-0.3, -0.25) is 0 Å². The maximum absolute atomic E-state index is 5.51. The Kier molecular flexibility index (Phi) is 6.08. The fourth-order valence-corrected chi connectivity index (χ4v) is 1.33. The molecule has 0 spiro atoms. The lowest BCUT2D eigenvalue weighted by Crippen LogP contribution is -2.06. The molecule has 15 heavy (non-hydrogen) atoms. The molecule has 0 saturated carbocycles. The Morgan fingerprint density at radius 1 is 1.33 bits per heavy atom. The second kappa shape index (κ2) is 7.45. The molecule has 0 saturated heterocycles. The number of aromatic nitrogens is 1. The van der Waals surface area contributed by atoms with Gasteiger partial charge in [-0.25, -0.2) is 0 Å². The molecule has 0 atom stereocenters. The molecule has 0 aliphatic heterocycles. The van der Waals surface area contributed by atoms with Gasteiger partial charge >= 0.3 is 0 Å². The first-order chi connectivity index (χ1) is 7.36. The average Bonchev–Trinajstić information content (AvgIpc) is 2.71. The van der Waals surface area contributed by atoms with Crippen LogP contribution in [0.15, 0.2) is 18.5 Å². The topological polar surface area (TPSA) is 49.4 Å². The van der Waals surface area contributed by atoms with Gasteiger partial charge in [0.05, 0.1) is 6.61 Å². The van der Waals surface area contributed by atoms with Crippen LogP contribution in [0.4, 0.5) is 0 Å². The van der Waals surface area contributed by atoms with Crippen molar-refractivity contribution in [1.82, 2.24) is 4.57 Å². The first kappa shape index (κ1) is 12.2. The maximum Gasteiger partial charge on any atom is 0.0645 e. The summed E-state index contributed by atoms with van der Waals surface area (Å²) in [6, 6.07) is 2.03. The summed E-state index contributed by atoms with van der Waals surface area (Å²) >= 11 is 0. The molecule has 0 fully saturated rings. The van der Waals surface area contributed by atoms with Gasteiger partial charge in [0.2, 0.25) is 0 Å². The fourth-order valence-electron chi connectivity index (χ4n) is 1.33. The molecule has 0 aromatic carbocycles. The van der Waals surface area contributed by atoms with Crippen molar-refractivity contribution in [3.63, 3.8) is 0 Å². The summed E-state index contributed by atoms with van der Waals surface area (Å²) in [5.74, 6) is 0. The number of hydrogen-bond acceptors (Lipinski definition) is 3. The molecule has 0 radical (unpaired) electrons. The van der Waals surface area contributed by atoms with Crippen molar-refractivity contribution in [2.24, 2.45) is 5.73 Å². The lowest BCUT2D eigenvalue weighted by atomic mass is 10.4. The van der Waals surface area contributed by atoms with Crippen molar-refractivity contribution in [2.45, 2.75) is 19.5 Å². The van der Waals surface area contributed by atoms with Crippen LogP contribution in [0.2, 0.25) is 0 Å². The van der Waals surface area contributed by atoms with Crippen LogP contribution in [-0.2, 0) is 22.6 Å². The van der Waals surface area contributed by atoms with E-state index in [1.807, 2.05) is 12.3 Å². The minimum absolute atomic E-state index is 0.599. The van der Waals surface area contributed by atoms with E-state index in [9.17, 15) is 0 Å². The summed E-state index contributed by atoms with van der Waals surface area (Å²) in [5, 5.41) is 0. The highest BCUT2D eigenvalue weighted by Crippen LogP contribution is 1.99. The third-order valence-electron chi connectivity index (χ3n) is 2.18. The number of nitrogens with zero attached hydrogens (tertiary/aromatic N) is 1. The fraction of sp³-hybridized carbons (Fsp3) is 0.636. The Morgan fingerprint density at radius 3 is 2.87 bits per heavy atom. The van der Waals surface area contributed by atoms with E-state index in [0.29, 0.717) is 6.54 Å². The predicted molar refractivity (Wildman–Crippen MR) is 59.6 cm³/mol. The Morgan fingerprint density at radius 2 is 2.20 bits per heavy atom. The van der Waals surface area contributed by atoms with Gasteiger partial charge in [0, 0.05) is 45.8 Å². The minimum atomic E-state index is 0.599. The zero-order chi connectivity index (χ0) is 10.9. The Hall–Kier alpha value is -0.840. The van der Waals surface area contributed by atoms with E-state index in [-0.39, 0.29) is 0 Å². The maximum atomic E-state index is 5.51. The first-order valence-corrected chi connectivity index (χ1v) is 5.28. The van der Waals surface area contributed by atoms with Gasteiger partial charge in [-0.15, -0.1) is 0 Å². The summed E-state index contributed by atoms with van der Waals surface area (Å²) in [6.45, 7) is 3.75. The molecular weight excluding hydrogens is 192 g/mol. The number of nitrogens with two attached hydrogens (primary N) is 1.